The zero-order valence-corrected chi connectivity index (χ0v) is 17.0. The fraction of sp³-hybridized carbons (Fsp3) is 0.0952. The summed E-state index contributed by atoms with van der Waals surface area (Å²) < 4.78 is 52.8. The van der Waals surface area contributed by atoms with Crippen molar-refractivity contribution in [2.45, 2.75) is 6.18 Å². The molecule has 3 aromatic heterocycles. The number of H-pyrrole nitrogens is 1. The Morgan fingerprint density at radius 3 is 2.53 bits per heavy atom. The van der Waals surface area contributed by atoms with Gasteiger partial charge in [0, 0.05) is 0 Å². The Morgan fingerprint density at radius 1 is 1.09 bits per heavy atom. The fourth-order valence-corrected chi connectivity index (χ4v) is 3.75. The van der Waals surface area contributed by atoms with E-state index in [9.17, 15) is 18.0 Å². The van der Waals surface area contributed by atoms with Crippen molar-refractivity contribution < 1.29 is 22.3 Å². The average molecular weight is 461 g/mol. The second-order valence-corrected chi connectivity index (χ2v) is 7.17. The maximum absolute atomic E-state index is 13.8. The van der Waals surface area contributed by atoms with E-state index in [0.29, 0.717) is 21.4 Å². The van der Waals surface area contributed by atoms with Gasteiger partial charge in [-0.25, -0.2) is 4.98 Å². The van der Waals surface area contributed by atoms with Gasteiger partial charge in [-0.1, -0.05) is 48.0 Å². The molecule has 2 aromatic carbocycles. The molecule has 0 aliphatic heterocycles. The summed E-state index contributed by atoms with van der Waals surface area (Å²) in [6, 6.07) is 12.7. The molecule has 5 aromatic rings. The molecule has 7 nitrogen and oxygen atoms in total. The highest BCUT2D eigenvalue weighted by atomic mass is 35.5. The molecule has 0 fully saturated rings. The molecule has 0 atom stereocenters. The minimum absolute atomic E-state index is 0.178. The van der Waals surface area contributed by atoms with E-state index in [1.807, 2.05) is 0 Å². The Hall–Kier alpha value is -3.79. The number of alkyl halides is 3. The van der Waals surface area contributed by atoms with E-state index >= 15 is 0 Å². The number of fused-ring (bicyclic) bond motifs is 2. The van der Waals surface area contributed by atoms with Crippen LogP contribution in [-0.2, 0) is 6.18 Å². The third kappa shape index (κ3) is 3.02. The van der Waals surface area contributed by atoms with Gasteiger partial charge in [0.05, 0.1) is 12.7 Å². The Labute approximate surface area is 182 Å². The number of nitrogens with zero attached hydrogens (tertiary/aromatic N) is 3. The number of halogens is 4. The van der Waals surface area contributed by atoms with Crippen molar-refractivity contribution in [3.05, 3.63) is 69.7 Å². The van der Waals surface area contributed by atoms with Gasteiger partial charge in [0.15, 0.2) is 16.8 Å². The lowest BCUT2D eigenvalue weighted by molar-refractivity contribution is -0.140. The first kappa shape index (κ1) is 20.1. The van der Waals surface area contributed by atoms with E-state index in [2.05, 4.69) is 15.1 Å². The van der Waals surface area contributed by atoms with E-state index in [0.717, 1.165) is 0 Å². The highest BCUT2D eigenvalue weighted by molar-refractivity contribution is 6.32. The largest absolute Gasteiger partial charge is 0.494 e. The van der Waals surface area contributed by atoms with E-state index in [1.54, 1.807) is 36.4 Å². The third-order valence-corrected chi connectivity index (χ3v) is 5.17. The number of methoxy groups -OCH3 is 1. The molecule has 32 heavy (non-hydrogen) atoms. The highest BCUT2D eigenvalue weighted by Gasteiger charge is 2.39. The zero-order chi connectivity index (χ0) is 22.6. The lowest BCUT2D eigenvalue weighted by Crippen LogP contribution is -2.19. The van der Waals surface area contributed by atoms with Gasteiger partial charge in [-0.3, -0.25) is 4.79 Å². The first-order valence-corrected chi connectivity index (χ1v) is 9.58. The van der Waals surface area contributed by atoms with Crippen molar-refractivity contribution in [3.8, 4) is 28.3 Å². The van der Waals surface area contributed by atoms with Crippen LogP contribution in [0.3, 0.4) is 0 Å². The van der Waals surface area contributed by atoms with Crippen LogP contribution in [-0.4, -0.2) is 26.7 Å². The predicted octanol–water partition coefficient (Wildman–Crippen LogP) is 5.18. The molecule has 11 heteroatoms. The van der Waals surface area contributed by atoms with Gasteiger partial charge in [0.2, 0.25) is 5.89 Å². The molecule has 5 rings (SSSR count). The van der Waals surface area contributed by atoms with Crippen molar-refractivity contribution in [2.75, 3.05) is 7.11 Å². The Balaban J connectivity index is 1.82. The smallest absolute Gasteiger partial charge is 0.435 e. The summed E-state index contributed by atoms with van der Waals surface area (Å²) in [6.07, 6.45) is -4.81. The highest BCUT2D eigenvalue weighted by Crippen LogP contribution is 2.39. The molecule has 0 spiro atoms. The molecule has 0 amide bonds. The molecule has 0 saturated carbocycles. The Kier molecular flexibility index (Phi) is 4.48. The molecular weight excluding hydrogens is 449 g/mol. The van der Waals surface area contributed by atoms with Gasteiger partial charge in [0.1, 0.15) is 22.1 Å². The molecular formula is C21H12ClF3N4O3. The molecule has 0 saturated heterocycles. The van der Waals surface area contributed by atoms with Crippen LogP contribution in [0, 0.1) is 0 Å². The van der Waals surface area contributed by atoms with Crippen LogP contribution in [0.4, 0.5) is 13.2 Å². The standard InChI is InChI=1S/C21H12ClF3N4O3/c1-31-11-8-5-9-12-15(11)26-19(32-12)14-17(22)27-18-13(10-6-3-2-4-7-10)16(21(23,24)25)28-29(18)20(14)30/h2-9,27H,1H3. The number of aromatic amines is 1. The van der Waals surface area contributed by atoms with Crippen molar-refractivity contribution in [3.63, 3.8) is 0 Å². The zero-order valence-electron chi connectivity index (χ0n) is 16.2. The molecule has 0 aliphatic rings. The first-order valence-electron chi connectivity index (χ1n) is 9.20. The maximum Gasteiger partial charge on any atom is 0.435 e. The number of nitrogens with one attached hydrogen (secondary N) is 1. The van der Waals surface area contributed by atoms with Crippen LogP contribution in [0.5, 0.6) is 5.75 Å². The third-order valence-electron chi connectivity index (χ3n) is 4.89. The van der Waals surface area contributed by atoms with Crippen molar-refractivity contribution in [1.29, 1.82) is 0 Å². The van der Waals surface area contributed by atoms with Gasteiger partial charge in [-0.2, -0.15) is 22.8 Å². The number of rotatable bonds is 3. The van der Waals surface area contributed by atoms with Crippen LogP contribution in [0.15, 0.2) is 57.7 Å². The monoisotopic (exact) mass is 460 g/mol. The number of hydrogen-bond acceptors (Lipinski definition) is 5. The SMILES string of the molecule is COc1cccc2oc(-c3c(Cl)[nH]c4c(-c5ccccc5)c(C(F)(F)F)nn4c3=O)nc12. The lowest BCUT2D eigenvalue weighted by Gasteiger charge is -2.06. The topological polar surface area (TPSA) is 85.4 Å². The average Bonchev–Trinajstić information content (AvgIpc) is 3.36. The maximum atomic E-state index is 13.8. The number of hydrogen-bond donors (Lipinski definition) is 1. The summed E-state index contributed by atoms with van der Waals surface area (Å²) >= 11 is 6.32. The number of para-hydroxylation sites is 1. The summed E-state index contributed by atoms with van der Waals surface area (Å²) in [5, 5.41) is 3.33. The van der Waals surface area contributed by atoms with Crippen molar-refractivity contribution >= 4 is 28.3 Å². The summed E-state index contributed by atoms with van der Waals surface area (Å²) in [4.78, 5) is 20.1. The number of oxazole rings is 1. The molecule has 0 bridgehead atoms. The summed E-state index contributed by atoms with van der Waals surface area (Å²) in [7, 11) is 1.45. The number of ether oxygens (including phenoxy) is 1. The normalized spacial score (nSPS) is 12.0. The van der Waals surface area contributed by atoms with Crippen LogP contribution in [0.2, 0.25) is 5.15 Å². The second kappa shape index (κ2) is 7.13. The molecule has 0 radical (unpaired) electrons. The van der Waals surface area contributed by atoms with Crippen LogP contribution in [0.1, 0.15) is 5.69 Å². The van der Waals surface area contributed by atoms with E-state index in [-0.39, 0.29) is 33.4 Å². The van der Waals surface area contributed by atoms with E-state index < -0.39 is 17.4 Å². The van der Waals surface area contributed by atoms with E-state index in [1.165, 1.54) is 19.2 Å². The fourth-order valence-electron chi connectivity index (χ4n) is 3.50. The molecule has 162 valence electrons. The minimum atomic E-state index is -4.81. The van der Waals surface area contributed by atoms with Gasteiger partial charge >= 0.3 is 6.18 Å². The van der Waals surface area contributed by atoms with Gasteiger partial charge in [-0.15, -0.1) is 0 Å². The summed E-state index contributed by atoms with van der Waals surface area (Å²) in [6.45, 7) is 0. The molecule has 0 unspecified atom stereocenters. The van der Waals surface area contributed by atoms with Gasteiger partial charge < -0.3 is 14.1 Å². The number of aromatic nitrogens is 4. The lowest BCUT2D eigenvalue weighted by atomic mass is 10.1. The van der Waals surface area contributed by atoms with Crippen LogP contribution >= 0.6 is 11.6 Å². The number of benzene rings is 2. The summed E-state index contributed by atoms with van der Waals surface area (Å²) in [5.41, 5.74) is -2.00. The summed E-state index contributed by atoms with van der Waals surface area (Å²) in [5.74, 6) is 0.221. The molecule has 3 heterocycles. The second-order valence-electron chi connectivity index (χ2n) is 6.79. The van der Waals surface area contributed by atoms with Crippen LogP contribution in [0.25, 0.3) is 39.3 Å². The predicted molar refractivity (Wildman–Crippen MR) is 111 cm³/mol. The van der Waals surface area contributed by atoms with Crippen molar-refractivity contribution in [1.82, 2.24) is 19.6 Å². The Morgan fingerprint density at radius 2 is 1.84 bits per heavy atom. The minimum Gasteiger partial charge on any atom is -0.494 e. The van der Waals surface area contributed by atoms with Crippen LogP contribution < -0.4 is 10.3 Å². The van der Waals surface area contributed by atoms with Gasteiger partial charge in [0.25, 0.3) is 5.56 Å². The molecule has 1 N–H and O–H groups in total. The van der Waals surface area contributed by atoms with Crippen molar-refractivity contribution in [2.24, 2.45) is 0 Å². The van der Waals surface area contributed by atoms with Gasteiger partial charge in [-0.05, 0) is 17.7 Å². The first-order chi connectivity index (χ1) is 15.3. The molecule has 0 aliphatic carbocycles. The quantitative estimate of drug-likeness (QED) is 0.375. The Bertz CT molecular complexity index is 1540. The van der Waals surface area contributed by atoms with E-state index in [4.69, 9.17) is 20.8 Å².